The van der Waals surface area contributed by atoms with Crippen LogP contribution in [0.5, 0.6) is 0 Å². The highest BCUT2D eigenvalue weighted by atomic mass is 16.3. The zero-order valence-electron chi connectivity index (χ0n) is 13.7. The number of hydrogen-bond acceptors (Lipinski definition) is 5. The van der Waals surface area contributed by atoms with Crippen molar-refractivity contribution in [3.8, 4) is 12.3 Å². The number of hydrogen-bond donors (Lipinski definition) is 1. The van der Waals surface area contributed by atoms with Gasteiger partial charge in [-0.15, -0.1) is 12.3 Å². The van der Waals surface area contributed by atoms with Gasteiger partial charge in [0, 0.05) is 32.2 Å². The van der Waals surface area contributed by atoms with E-state index in [0.717, 1.165) is 17.5 Å². The molecule has 6 heteroatoms. The number of amides is 1. The van der Waals surface area contributed by atoms with Gasteiger partial charge >= 0.3 is 0 Å². The lowest BCUT2D eigenvalue weighted by atomic mass is 10.0. The molecule has 1 amide bonds. The minimum atomic E-state index is -0.407. The third-order valence-electron chi connectivity index (χ3n) is 4.14. The fourth-order valence-corrected chi connectivity index (χ4v) is 2.53. The van der Waals surface area contributed by atoms with Gasteiger partial charge in [0.25, 0.3) is 0 Å². The van der Waals surface area contributed by atoms with Gasteiger partial charge in [0.15, 0.2) is 17.1 Å². The number of benzene rings is 1. The highest BCUT2D eigenvalue weighted by Crippen LogP contribution is 2.37. The molecule has 1 aromatic carbocycles. The Kier molecular flexibility index (Phi) is 4.61. The first kappa shape index (κ1) is 16.2. The van der Waals surface area contributed by atoms with Crippen LogP contribution >= 0.6 is 0 Å². The molecule has 1 N–H and O–H groups in total. The molecule has 24 heavy (non-hydrogen) atoms. The number of carbonyl (C=O) groups excluding carboxylic acids is 1. The number of oxazole rings is 1. The van der Waals surface area contributed by atoms with Crippen LogP contribution in [0, 0.1) is 12.3 Å². The average molecular weight is 324 g/mol. The SMILES string of the molecule is C#CCCC1(CCC(=O)NCC(C)c2nc3ccccc3o2)N=N1. The maximum atomic E-state index is 12.0. The smallest absolute Gasteiger partial charge is 0.220 e. The molecule has 2 aromatic rings. The largest absolute Gasteiger partial charge is 0.440 e. The van der Waals surface area contributed by atoms with Crippen molar-refractivity contribution < 1.29 is 9.21 Å². The lowest BCUT2D eigenvalue weighted by Crippen LogP contribution is -2.28. The number of carbonyl (C=O) groups is 1. The molecule has 2 heterocycles. The Morgan fingerprint density at radius 2 is 2.17 bits per heavy atom. The van der Waals surface area contributed by atoms with Crippen molar-refractivity contribution in [2.24, 2.45) is 10.2 Å². The summed E-state index contributed by atoms with van der Waals surface area (Å²) in [5, 5.41) is 11.0. The molecule has 3 rings (SSSR count). The predicted molar refractivity (Wildman–Crippen MR) is 90.3 cm³/mol. The fraction of sp³-hybridized carbons (Fsp3) is 0.444. The molecule has 1 atom stereocenters. The van der Waals surface area contributed by atoms with Crippen LogP contribution in [-0.2, 0) is 4.79 Å². The Bertz CT molecular complexity index is 764. The van der Waals surface area contributed by atoms with Crippen molar-refractivity contribution in [1.29, 1.82) is 0 Å². The van der Waals surface area contributed by atoms with E-state index in [1.165, 1.54) is 0 Å². The molecule has 1 aliphatic rings. The quantitative estimate of drug-likeness (QED) is 0.756. The van der Waals surface area contributed by atoms with E-state index >= 15 is 0 Å². The minimum Gasteiger partial charge on any atom is -0.440 e. The third-order valence-corrected chi connectivity index (χ3v) is 4.14. The standard InChI is InChI=1S/C18H20N4O2/c1-3-4-10-18(21-22-18)11-9-16(23)19-12-13(2)17-20-14-7-5-6-8-15(14)24-17/h1,5-8,13H,4,9-12H2,2H3,(H,19,23). The highest BCUT2D eigenvalue weighted by molar-refractivity contribution is 5.76. The van der Waals surface area contributed by atoms with Crippen LogP contribution in [0.2, 0.25) is 0 Å². The first-order chi connectivity index (χ1) is 11.6. The van der Waals surface area contributed by atoms with Crippen LogP contribution in [0.25, 0.3) is 11.1 Å². The third kappa shape index (κ3) is 3.80. The van der Waals surface area contributed by atoms with Crippen molar-refractivity contribution in [3.05, 3.63) is 30.2 Å². The van der Waals surface area contributed by atoms with Crippen molar-refractivity contribution in [3.63, 3.8) is 0 Å². The summed E-state index contributed by atoms with van der Waals surface area (Å²) >= 11 is 0. The molecule has 6 nitrogen and oxygen atoms in total. The minimum absolute atomic E-state index is 0.00653. The molecule has 1 aromatic heterocycles. The molecule has 1 aliphatic heterocycles. The lowest BCUT2D eigenvalue weighted by Gasteiger charge is -2.11. The monoisotopic (exact) mass is 324 g/mol. The van der Waals surface area contributed by atoms with E-state index < -0.39 is 5.66 Å². The van der Waals surface area contributed by atoms with Crippen molar-refractivity contribution in [1.82, 2.24) is 10.3 Å². The summed E-state index contributed by atoms with van der Waals surface area (Å²) in [6.07, 6.45) is 7.60. The first-order valence-corrected chi connectivity index (χ1v) is 8.11. The van der Waals surface area contributed by atoms with Crippen molar-refractivity contribution in [2.45, 2.75) is 44.2 Å². The summed E-state index contributed by atoms with van der Waals surface area (Å²) in [6.45, 7) is 2.46. The molecule has 0 bridgehead atoms. The van der Waals surface area contributed by atoms with Crippen LogP contribution in [0.4, 0.5) is 0 Å². The Morgan fingerprint density at radius 3 is 2.88 bits per heavy atom. The fourth-order valence-electron chi connectivity index (χ4n) is 2.53. The van der Waals surface area contributed by atoms with Crippen LogP contribution in [0.1, 0.15) is 44.4 Å². The number of para-hydroxylation sites is 2. The number of terminal acetylenes is 1. The molecular formula is C18H20N4O2. The normalized spacial score (nSPS) is 15.8. The van der Waals surface area contributed by atoms with Gasteiger partial charge in [-0.2, -0.15) is 10.2 Å². The second-order valence-corrected chi connectivity index (χ2v) is 6.11. The summed E-state index contributed by atoms with van der Waals surface area (Å²) in [7, 11) is 0. The average Bonchev–Trinajstić information content (AvgIpc) is 3.24. The number of nitrogens with zero attached hydrogens (tertiary/aromatic N) is 3. The van der Waals surface area contributed by atoms with E-state index in [4.69, 9.17) is 10.8 Å². The predicted octanol–water partition coefficient (Wildman–Crippen LogP) is 3.40. The Morgan fingerprint density at radius 1 is 1.38 bits per heavy atom. The Labute approximate surface area is 140 Å². The zero-order chi connectivity index (χ0) is 17.0. The Balaban J connectivity index is 1.45. The highest BCUT2D eigenvalue weighted by Gasteiger charge is 2.39. The van der Waals surface area contributed by atoms with Gasteiger partial charge in [0.2, 0.25) is 5.91 Å². The van der Waals surface area contributed by atoms with E-state index in [2.05, 4.69) is 26.4 Å². The Hall–Kier alpha value is -2.68. The second-order valence-electron chi connectivity index (χ2n) is 6.11. The van der Waals surface area contributed by atoms with Crippen LogP contribution < -0.4 is 5.32 Å². The molecule has 1 unspecified atom stereocenters. The summed E-state index contributed by atoms with van der Waals surface area (Å²) in [5.74, 6) is 3.20. The van der Waals surface area contributed by atoms with Gasteiger partial charge in [-0.3, -0.25) is 4.79 Å². The van der Waals surface area contributed by atoms with E-state index in [-0.39, 0.29) is 11.8 Å². The molecule has 0 radical (unpaired) electrons. The number of aromatic nitrogens is 1. The van der Waals surface area contributed by atoms with Gasteiger partial charge in [-0.25, -0.2) is 4.98 Å². The molecule has 124 valence electrons. The number of fused-ring (bicyclic) bond motifs is 1. The maximum Gasteiger partial charge on any atom is 0.220 e. The van der Waals surface area contributed by atoms with Crippen LogP contribution in [0.3, 0.4) is 0 Å². The number of rotatable bonds is 8. The molecule has 0 aliphatic carbocycles. The molecule has 0 spiro atoms. The first-order valence-electron chi connectivity index (χ1n) is 8.11. The summed E-state index contributed by atoms with van der Waals surface area (Å²) in [6, 6.07) is 7.63. The zero-order valence-corrected chi connectivity index (χ0v) is 13.7. The number of nitrogens with one attached hydrogen (secondary N) is 1. The topological polar surface area (TPSA) is 79.9 Å². The van der Waals surface area contributed by atoms with Crippen molar-refractivity contribution in [2.75, 3.05) is 6.54 Å². The molecular weight excluding hydrogens is 304 g/mol. The summed E-state index contributed by atoms with van der Waals surface area (Å²) in [4.78, 5) is 16.5. The van der Waals surface area contributed by atoms with E-state index in [1.54, 1.807) is 0 Å². The molecule has 0 saturated carbocycles. The van der Waals surface area contributed by atoms with Gasteiger partial charge in [0.1, 0.15) is 5.52 Å². The molecule has 0 fully saturated rings. The van der Waals surface area contributed by atoms with E-state index in [0.29, 0.717) is 31.7 Å². The van der Waals surface area contributed by atoms with Crippen molar-refractivity contribution >= 4 is 17.0 Å². The second kappa shape index (κ2) is 6.83. The van der Waals surface area contributed by atoms with Gasteiger partial charge in [-0.05, 0) is 12.1 Å². The van der Waals surface area contributed by atoms with Gasteiger partial charge < -0.3 is 9.73 Å². The van der Waals surface area contributed by atoms with Crippen LogP contribution in [-0.4, -0.2) is 23.1 Å². The lowest BCUT2D eigenvalue weighted by molar-refractivity contribution is -0.121. The van der Waals surface area contributed by atoms with E-state index in [1.807, 2.05) is 31.2 Å². The molecule has 0 saturated heterocycles. The van der Waals surface area contributed by atoms with Gasteiger partial charge in [0.05, 0.1) is 5.92 Å². The van der Waals surface area contributed by atoms with Gasteiger partial charge in [-0.1, -0.05) is 19.1 Å². The van der Waals surface area contributed by atoms with E-state index in [9.17, 15) is 4.79 Å². The maximum absolute atomic E-state index is 12.0. The summed E-state index contributed by atoms with van der Waals surface area (Å²) < 4.78 is 5.72. The summed E-state index contributed by atoms with van der Waals surface area (Å²) in [5.41, 5.74) is 1.19. The van der Waals surface area contributed by atoms with Crippen LogP contribution in [0.15, 0.2) is 38.9 Å².